The number of aromatic nitrogens is 1. The lowest BCUT2D eigenvalue weighted by Gasteiger charge is -1.95. The van der Waals surface area contributed by atoms with Crippen LogP contribution in [0, 0.1) is 0 Å². The van der Waals surface area contributed by atoms with Crippen molar-refractivity contribution in [3.63, 3.8) is 0 Å². The molecule has 1 aromatic heterocycles. The van der Waals surface area contributed by atoms with Crippen LogP contribution in [0.3, 0.4) is 0 Å². The van der Waals surface area contributed by atoms with E-state index in [0.717, 1.165) is 0 Å². The Labute approximate surface area is 68.3 Å². The number of nitrogens with zero attached hydrogens (tertiary/aromatic N) is 2. The Hall–Kier alpha value is -1.29. The molecule has 3 N–H and O–H groups in total. The van der Waals surface area contributed by atoms with Gasteiger partial charge in [-0.3, -0.25) is 0 Å². The summed E-state index contributed by atoms with van der Waals surface area (Å²) in [7, 11) is 0. The van der Waals surface area contributed by atoms with Crippen LogP contribution in [-0.4, -0.2) is 16.0 Å². The molecule has 1 heterocycles. The third-order valence-corrected chi connectivity index (χ3v) is 1.30. The first-order valence-electron chi connectivity index (χ1n) is 2.84. The molecule has 0 aliphatic heterocycles. The zero-order chi connectivity index (χ0) is 8.27. The van der Waals surface area contributed by atoms with Crippen molar-refractivity contribution in [3.05, 3.63) is 29.0 Å². The average molecular weight is 172 g/mol. The van der Waals surface area contributed by atoms with Crippen LogP contribution in [-0.2, 0) is 0 Å². The lowest BCUT2D eigenvalue weighted by atomic mass is 10.3. The van der Waals surface area contributed by atoms with E-state index in [1.807, 2.05) is 0 Å². The first-order valence-corrected chi connectivity index (χ1v) is 3.22. The molecule has 11 heavy (non-hydrogen) atoms. The molecule has 0 aromatic carbocycles. The van der Waals surface area contributed by atoms with Gasteiger partial charge in [0.25, 0.3) is 0 Å². The van der Waals surface area contributed by atoms with Gasteiger partial charge in [-0.25, -0.2) is 4.98 Å². The Kier molecular flexibility index (Phi) is 2.28. The fourth-order valence-electron chi connectivity index (χ4n) is 0.602. The molecule has 0 bridgehead atoms. The lowest BCUT2D eigenvalue weighted by Crippen LogP contribution is -2.14. The summed E-state index contributed by atoms with van der Waals surface area (Å²) in [4.78, 5) is 3.79. The normalized spacial score (nSPS) is 11.5. The quantitative estimate of drug-likeness (QED) is 0.216. The fourth-order valence-corrected chi connectivity index (χ4v) is 0.766. The summed E-state index contributed by atoms with van der Waals surface area (Å²) in [6, 6.07) is 4.87. The summed E-state index contributed by atoms with van der Waals surface area (Å²) in [5.74, 6) is -0.0486. The van der Waals surface area contributed by atoms with Crippen molar-refractivity contribution in [1.82, 2.24) is 4.98 Å². The number of oxime groups is 1. The van der Waals surface area contributed by atoms with E-state index in [2.05, 4.69) is 10.1 Å². The molecule has 0 fully saturated rings. The minimum atomic E-state index is -0.0486. The molecule has 0 amide bonds. The van der Waals surface area contributed by atoms with Crippen LogP contribution in [0.15, 0.2) is 23.4 Å². The molecule has 0 unspecified atom stereocenters. The van der Waals surface area contributed by atoms with Crippen LogP contribution >= 0.6 is 11.6 Å². The van der Waals surface area contributed by atoms with Gasteiger partial charge < -0.3 is 10.9 Å². The van der Waals surface area contributed by atoms with Crippen molar-refractivity contribution >= 4 is 17.4 Å². The van der Waals surface area contributed by atoms with E-state index < -0.39 is 0 Å². The summed E-state index contributed by atoms with van der Waals surface area (Å²) in [6.07, 6.45) is 0. The maximum atomic E-state index is 8.26. The average Bonchev–Trinajstić information content (AvgIpc) is 2.03. The third-order valence-electron chi connectivity index (χ3n) is 1.09. The second-order valence-electron chi connectivity index (χ2n) is 1.83. The van der Waals surface area contributed by atoms with Gasteiger partial charge in [0.15, 0.2) is 5.84 Å². The van der Waals surface area contributed by atoms with Gasteiger partial charge in [0.1, 0.15) is 10.8 Å². The molecule has 5 heteroatoms. The van der Waals surface area contributed by atoms with Crippen LogP contribution in [0.2, 0.25) is 5.15 Å². The van der Waals surface area contributed by atoms with Gasteiger partial charge in [-0.05, 0) is 12.1 Å². The Balaban J connectivity index is 3.06. The Morgan fingerprint density at radius 1 is 1.64 bits per heavy atom. The van der Waals surface area contributed by atoms with E-state index in [1.54, 1.807) is 18.2 Å². The van der Waals surface area contributed by atoms with Crippen molar-refractivity contribution in [1.29, 1.82) is 0 Å². The third kappa shape index (κ3) is 1.81. The van der Waals surface area contributed by atoms with Gasteiger partial charge in [0.05, 0.1) is 0 Å². The molecule has 1 aromatic rings. The molecule has 0 aliphatic carbocycles. The second-order valence-corrected chi connectivity index (χ2v) is 2.22. The van der Waals surface area contributed by atoms with Crippen molar-refractivity contribution in [2.45, 2.75) is 0 Å². The van der Waals surface area contributed by atoms with E-state index in [4.69, 9.17) is 22.5 Å². The highest BCUT2D eigenvalue weighted by Gasteiger charge is 1.99. The summed E-state index contributed by atoms with van der Waals surface area (Å²) >= 11 is 5.54. The predicted molar refractivity (Wildman–Crippen MR) is 41.8 cm³/mol. The van der Waals surface area contributed by atoms with Crippen molar-refractivity contribution < 1.29 is 5.21 Å². The van der Waals surface area contributed by atoms with E-state index in [-0.39, 0.29) is 5.84 Å². The standard InChI is InChI=1S/C6H6ClN3O/c7-5-3-1-2-4(9-5)6(8)10-11/h1-3,11H,(H2,8,10). The molecule has 0 radical (unpaired) electrons. The van der Waals surface area contributed by atoms with Gasteiger partial charge in [0, 0.05) is 0 Å². The Bertz CT molecular complexity index is 287. The minimum absolute atomic E-state index is 0.0486. The second kappa shape index (κ2) is 3.21. The number of rotatable bonds is 1. The Morgan fingerprint density at radius 3 is 2.91 bits per heavy atom. The molecule has 0 spiro atoms. The Morgan fingerprint density at radius 2 is 2.36 bits per heavy atom. The minimum Gasteiger partial charge on any atom is -0.409 e. The number of nitrogens with two attached hydrogens (primary N) is 1. The van der Waals surface area contributed by atoms with Gasteiger partial charge in [-0.15, -0.1) is 0 Å². The largest absolute Gasteiger partial charge is 0.409 e. The molecule has 1 rings (SSSR count). The monoisotopic (exact) mass is 171 g/mol. The molecule has 4 nitrogen and oxygen atoms in total. The van der Waals surface area contributed by atoms with Crippen LogP contribution in [0.5, 0.6) is 0 Å². The first-order chi connectivity index (χ1) is 5.24. The van der Waals surface area contributed by atoms with Crippen molar-refractivity contribution in [2.24, 2.45) is 10.9 Å². The van der Waals surface area contributed by atoms with E-state index >= 15 is 0 Å². The molecule has 0 saturated heterocycles. The molecular formula is C6H6ClN3O. The van der Waals surface area contributed by atoms with Crippen molar-refractivity contribution in [3.8, 4) is 0 Å². The van der Waals surface area contributed by atoms with E-state index in [1.165, 1.54) is 0 Å². The number of hydrogen-bond acceptors (Lipinski definition) is 3. The number of pyridine rings is 1. The summed E-state index contributed by atoms with van der Waals surface area (Å²) in [6.45, 7) is 0. The SMILES string of the molecule is NC(=NO)c1cccc(Cl)n1. The highest BCUT2D eigenvalue weighted by Crippen LogP contribution is 2.04. The summed E-state index contributed by atoms with van der Waals surface area (Å²) in [5.41, 5.74) is 5.60. The summed E-state index contributed by atoms with van der Waals surface area (Å²) in [5, 5.41) is 11.3. The van der Waals surface area contributed by atoms with Gasteiger partial charge in [-0.2, -0.15) is 0 Å². The maximum Gasteiger partial charge on any atom is 0.188 e. The van der Waals surface area contributed by atoms with E-state index in [9.17, 15) is 0 Å². The van der Waals surface area contributed by atoms with Crippen LogP contribution < -0.4 is 5.73 Å². The topological polar surface area (TPSA) is 71.5 Å². The fraction of sp³-hybridized carbons (Fsp3) is 0. The lowest BCUT2D eigenvalue weighted by molar-refractivity contribution is 0.318. The van der Waals surface area contributed by atoms with Gasteiger partial charge in [-0.1, -0.05) is 22.8 Å². The first kappa shape index (κ1) is 7.81. The molecular weight excluding hydrogens is 166 g/mol. The van der Waals surface area contributed by atoms with E-state index in [0.29, 0.717) is 10.8 Å². The van der Waals surface area contributed by atoms with Gasteiger partial charge in [0.2, 0.25) is 0 Å². The van der Waals surface area contributed by atoms with Gasteiger partial charge >= 0.3 is 0 Å². The molecule has 0 aliphatic rings. The number of amidine groups is 1. The molecule has 0 atom stereocenters. The predicted octanol–water partition coefficient (Wildman–Crippen LogP) is 0.830. The zero-order valence-electron chi connectivity index (χ0n) is 5.53. The number of hydrogen-bond donors (Lipinski definition) is 2. The van der Waals surface area contributed by atoms with Crippen molar-refractivity contribution in [2.75, 3.05) is 0 Å². The van der Waals surface area contributed by atoms with Crippen LogP contribution in [0.4, 0.5) is 0 Å². The maximum absolute atomic E-state index is 8.26. The highest BCUT2D eigenvalue weighted by atomic mass is 35.5. The smallest absolute Gasteiger partial charge is 0.188 e. The van der Waals surface area contributed by atoms with Crippen LogP contribution in [0.1, 0.15) is 5.69 Å². The van der Waals surface area contributed by atoms with Crippen LogP contribution in [0.25, 0.3) is 0 Å². The molecule has 0 saturated carbocycles. The molecule has 58 valence electrons. The number of halogens is 1. The highest BCUT2D eigenvalue weighted by molar-refractivity contribution is 6.29. The summed E-state index contributed by atoms with van der Waals surface area (Å²) < 4.78 is 0. The zero-order valence-corrected chi connectivity index (χ0v) is 6.28.